The molecule has 0 saturated carbocycles. The van der Waals surface area contributed by atoms with Gasteiger partial charge in [-0.25, -0.2) is 4.79 Å². The summed E-state index contributed by atoms with van der Waals surface area (Å²) in [6.45, 7) is 3.10. The molecule has 0 aromatic carbocycles. The number of aliphatic hydroxyl groups excluding tert-OH is 1. The molecule has 1 heterocycles. The van der Waals surface area contributed by atoms with E-state index in [1.165, 1.54) is 71.1 Å². The van der Waals surface area contributed by atoms with Crippen molar-refractivity contribution in [3.63, 3.8) is 0 Å². The second kappa shape index (κ2) is 13.8. The summed E-state index contributed by atoms with van der Waals surface area (Å²) in [4.78, 5) is 22.9. The van der Waals surface area contributed by atoms with Crippen molar-refractivity contribution < 1.29 is 24.2 Å². The maximum Gasteiger partial charge on any atom is 0.334 e. The van der Waals surface area contributed by atoms with Gasteiger partial charge in [-0.3, -0.25) is 4.79 Å². The summed E-state index contributed by atoms with van der Waals surface area (Å²) in [5.41, 5.74) is -0.519. The van der Waals surface area contributed by atoms with E-state index in [-0.39, 0.29) is 13.2 Å². The molecule has 1 atom stereocenters. The van der Waals surface area contributed by atoms with E-state index in [9.17, 15) is 14.7 Å². The number of ether oxygens (including phenoxy) is 2. The lowest BCUT2D eigenvalue weighted by Crippen LogP contribution is -2.39. The average Bonchev–Trinajstić information content (AvgIpc) is 2.97. The van der Waals surface area contributed by atoms with Crippen LogP contribution in [0, 0.1) is 0 Å². The Kier molecular flexibility index (Phi) is 12.1. The van der Waals surface area contributed by atoms with E-state index in [1.807, 2.05) is 6.08 Å². The topological polar surface area (TPSA) is 72.8 Å². The summed E-state index contributed by atoms with van der Waals surface area (Å²) in [5.74, 6) is -0.850. The quantitative estimate of drug-likeness (QED) is 0.249. The second-order valence-electron chi connectivity index (χ2n) is 7.74. The molecule has 0 spiro atoms. The van der Waals surface area contributed by atoms with Crippen molar-refractivity contribution in [3.05, 3.63) is 11.6 Å². The van der Waals surface area contributed by atoms with Gasteiger partial charge in [0.1, 0.15) is 6.61 Å². The number of cyclic esters (lactones) is 1. The van der Waals surface area contributed by atoms with E-state index in [4.69, 9.17) is 9.47 Å². The van der Waals surface area contributed by atoms with E-state index in [0.717, 1.165) is 12.8 Å². The number of aliphatic hydroxyl groups is 1. The Morgan fingerprint density at radius 2 is 1.63 bits per heavy atom. The standard InChI is InChI=1S/C22H38O5/c1-3-4-5-6-7-8-9-10-11-12-13-14-15-20-16-22(17-23,27-21(20)25)18-26-19(2)24/h15,23H,3-14,16-18H2,1-2H3/b20-15-. The van der Waals surface area contributed by atoms with Crippen molar-refractivity contribution >= 4 is 11.9 Å². The number of allylic oxidation sites excluding steroid dienone is 1. The van der Waals surface area contributed by atoms with Crippen LogP contribution >= 0.6 is 0 Å². The minimum Gasteiger partial charge on any atom is -0.462 e. The third-order valence-electron chi connectivity index (χ3n) is 5.11. The van der Waals surface area contributed by atoms with Crippen LogP contribution in [0.3, 0.4) is 0 Å². The van der Waals surface area contributed by atoms with Gasteiger partial charge in [-0.15, -0.1) is 0 Å². The van der Waals surface area contributed by atoms with Crippen molar-refractivity contribution in [2.24, 2.45) is 0 Å². The largest absolute Gasteiger partial charge is 0.462 e. The molecule has 0 aromatic rings. The predicted octanol–water partition coefficient (Wildman–Crippen LogP) is 4.86. The van der Waals surface area contributed by atoms with Crippen molar-refractivity contribution in [2.75, 3.05) is 13.2 Å². The van der Waals surface area contributed by atoms with Gasteiger partial charge in [-0.1, -0.05) is 77.2 Å². The van der Waals surface area contributed by atoms with E-state index >= 15 is 0 Å². The molecule has 0 amide bonds. The summed E-state index contributed by atoms with van der Waals surface area (Å²) in [7, 11) is 0. The summed E-state index contributed by atoms with van der Waals surface area (Å²) in [6.07, 6.45) is 17.3. The molecule has 1 saturated heterocycles. The third kappa shape index (κ3) is 9.94. The zero-order valence-corrected chi connectivity index (χ0v) is 17.3. The first-order valence-electron chi connectivity index (χ1n) is 10.7. The number of carbonyl (C=O) groups is 2. The Bertz CT molecular complexity index is 471. The number of hydrogen-bond acceptors (Lipinski definition) is 5. The van der Waals surface area contributed by atoms with Crippen molar-refractivity contribution in [1.82, 2.24) is 0 Å². The SMILES string of the molecule is CCCCCCCCCCCCC/C=C1/CC(CO)(COC(C)=O)OC1=O. The zero-order valence-electron chi connectivity index (χ0n) is 17.3. The molecule has 156 valence electrons. The monoisotopic (exact) mass is 382 g/mol. The number of unbranched alkanes of at least 4 members (excludes halogenated alkanes) is 11. The highest BCUT2D eigenvalue weighted by Crippen LogP contribution is 2.31. The van der Waals surface area contributed by atoms with Crippen LogP contribution in [0.1, 0.15) is 97.3 Å². The van der Waals surface area contributed by atoms with Crippen molar-refractivity contribution in [2.45, 2.75) is 103 Å². The Morgan fingerprint density at radius 1 is 1.07 bits per heavy atom. The third-order valence-corrected chi connectivity index (χ3v) is 5.11. The molecular weight excluding hydrogens is 344 g/mol. The van der Waals surface area contributed by atoms with Crippen LogP contribution in [0.4, 0.5) is 0 Å². The highest BCUT2D eigenvalue weighted by Gasteiger charge is 2.44. The van der Waals surface area contributed by atoms with Gasteiger partial charge in [0.05, 0.1) is 6.61 Å². The number of carbonyl (C=O) groups excluding carboxylic acids is 2. The average molecular weight is 383 g/mol. The van der Waals surface area contributed by atoms with Gasteiger partial charge in [0.15, 0.2) is 5.60 Å². The molecule has 1 aliphatic heterocycles. The van der Waals surface area contributed by atoms with E-state index in [1.54, 1.807) is 0 Å². The Morgan fingerprint density at radius 3 is 2.15 bits per heavy atom. The van der Waals surface area contributed by atoms with Crippen LogP contribution in [-0.4, -0.2) is 35.9 Å². The number of rotatable bonds is 15. The molecule has 5 nitrogen and oxygen atoms in total. The molecule has 0 aromatic heterocycles. The summed E-state index contributed by atoms with van der Waals surface area (Å²) in [5, 5.41) is 9.54. The van der Waals surface area contributed by atoms with Crippen LogP contribution in [0.5, 0.6) is 0 Å². The molecular formula is C22H38O5. The highest BCUT2D eigenvalue weighted by atomic mass is 16.6. The predicted molar refractivity (Wildman–Crippen MR) is 106 cm³/mol. The first-order valence-corrected chi connectivity index (χ1v) is 10.7. The number of esters is 2. The summed E-state index contributed by atoms with van der Waals surface area (Å²) in [6, 6.07) is 0. The fourth-order valence-electron chi connectivity index (χ4n) is 3.41. The maximum atomic E-state index is 12.0. The molecule has 0 radical (unpaired) electrons. The first-order chi connectivity index (χ1) is 13.0. The molecule has 27 heavy (non-hydrogen) atoms. The smallest absolute Gasteiger partial charge is 0.334 e. The van der Waals surface area contributed by atoms with Gasteiger partial charge >= 0.3 is 11.9 Å². The lowest BCUT2D eigenvalue weighted by Gasteiger charge is -2.23. The molecule has 0 bridgehead atoms. The van der Waals surface area contributed by atoms with Crippen molar-refractivity contribution in [1.29, 1.82) is 0 Å². The van der Waals surface area contributed by atoms with Crippen LogP contribution in [0.25, 0.3) is 0 Å². The van der Waals surface area contributed by atoms with Gasteiger partial charge in [0.25, 0.3) is 0 Å². The maximum absolute atomic E-state index is 12.0. The Hall–Kier alpha value is -1.36. The second-order valence-corrected chi connectivity index (χ2v) is 7.74. The van der Waals surface area contributed by atoms with Gasteiger partial charge in [0, 0.05) is 18.9 Å². The molecule has 1 unspecified atom stereocenters. The zero-order chi connectivity index (χ0) is 20.0. The molecule has 1 aliphatic rings. The first kappa shape index (κ1) is 23.7. The lowest BCUT2D eigenvalue weighted by atomic mass is 9.98. The molecule has 0 aliphatic carbocycles. The normalized spacial score (nSPS) is 20.9. The highest BCUT2D eigenvalue weighted by molar-refractivity contribution is 5.91. The van der Waals surface area contributed by atoms with Crippen LogP contribution in [0.15, 0.2) is 11.6 Å². The minimum absolute atomic E-state index is 0.0969. The Labute approximate surface area is 164 Å². The van der Waals surface area contributed by atoms with Crippen molar-refractivity contribution in [3.8, 4) is 0 Å². The van der Waals surface area contributed by atoms with E-state index in [0.29, 0.717) is 12.0 Å². The van der Waals surface area contributed by atoms with Crippen LogP contribution < -0.4 is 0 Å². The van der Waals surface area contributed by atoms with E-state index < -0.39 is 17.5 Å². The minimum atomic E-state index is -1.11. The van der Waals surface area contributed by atoms with Gasteiger partial charge < -0.3 is 14.6 Å². The Balaban J connectivity index is 2.13. The van der Waals surface area contributed by atoms with Gasteiger partial charge in [0.2, 0.25) is 0 Å². The van der Waals surface area contributed by atoms with E-state index in [2.05, 4.69) is 6.92 Å². The molecule has 5 heteroatoms. The fraction of sp³-hybridized carbons (Fsp3) is 0.818. The molecule has 1 N–H and O–H groups in total. The lowest BCUT2D eigenvalue weighted by molar-refractivity contribution is -0.164. The van der Waals surface area contributed by atoms with Gasteiger partial charge in [-0.2, -0.15) is 0 Å². The fourth-order valence-corrected chi connectivity index (χ4v) is 3.41. The van der Waals surface area contributed by atoms with Gasteiger partial charge in [-0.05, 0) is 12.8 Å². The van der Waals surface area contributed by atoms with Crippen LogP contribution in [0.2, 0.25) is 0 Å². The van der Waals surface area contributed by atoms with Crippen LogP contribution in [-0.2, 0) is 19.1 Å². The number of hydrogen-bond donors (Lipinski definition) is 1. The summed E-state index contributed by atoms with van der Waals surface area (Å²) < 4.78 is 10.2. The summed E-state index contributed by atoms with van der Waals surface area (Å²) >= 11 is 0. The molecule has 1 fully saturated rings. The molecule has 1 rings (SSSR count).